The Labute approximate surface area is 187 Å². The summed E-state index contributed by atoms with van der Waals surface area (Å²) in [6.45, 7) is 3.63. The SMILES string of the molecule is Cc1cc2c(B(O)O)cccc2n1-c1nc2c(c(NCc3ccccc3)n1)N(C)CCC2. The van der Waals surface area contributed by atoms with Crippen molar-refractivity contribution in [3.63, 3.8) is 0 Å². The maximum absolute atomic E-state index is 9.80. The Kier molecular flexibility index (Phi) is 5.32. The molecule has 0 amide bonds. The van der Waals surface area contributed by atoms with Crippen LogP contribution in [-0.4, -0.2) is 45.3 Å². The number of fused-ring (bicyclic) bond motifs is 2. The highest BCUT2D eigenvalue weighted by Crippen LogP contribution is 2.33. The minimum Gasteiger partial charge on any atom is -0.423 e. The molecule has 3 N–H and O–H groups in total. The van der Waals surface area contributed by atoms with Gasteiger partial charge in [0.1, 0.15) is 5.69 Å². The van der Waals surface area contributed by atoms with Gasteiger partial charge in [-0.15, -0.1) is 0 Å². The summed E-state index contributed by atoms with van der Waals surface area (Å²) in [5, 5.41) is 23.9. The van der Waals surface area contributed by atoms with Crippen molar-refractivity contribution in [2.24, 2.45) is 0 Å². The molecule has 162 valence electrons. The van der Waals surface area contributed by atoms with E-state index in [1.165, 1.54) is 5.56 Å². The Hall–Kier alpha value is -3.36. The monoisotopic (exact) mass is 427 g/mol. The lowest BCUT2D eigenvalue weighted by Crippen LogP contribution is -2.30. The Balaban J connectivity index is 1.64. The molecule has 8 heteroatoms. The van der Waals surface area contributed by atoms with Crippen LogP contribution < -0.4 is 15.7 Å². The molecule has 0 fully saturated rings. The first kappa shape index (κ1) is 20.5. The summed E-state index contributed by atoms with van der Waals surface area (Å²) in [6.07, 6.45) is 1.94. The summed E-state index contributed by atoms with van der Waals surface area (Å²) in [5.41, 5.74) is 5.53. The molecule has 0 aliphatic carbocycles. The maximum atomic E-state index is 9.80. The van der Waals surface area contributed by atoms with Crippen LogP contribution in [0.25, 0.3) is 16.9 Å². The molecule has 0 bridgehead atoms. The van der Waals surface area contributed by atoms with Crippen molar-refractivity contribution in [1.82, 2.24) is 14.5 Å². The first-order valence-electron chi connectivity index (χ1n) is 10.9. The van der Waals surface area contributed by atoms with Crippen molar-refractivity contribution in [2.75, 3.05) is 23.8 Å². The third kappa shape index (κ3) is 3.61. The summed E-state index contributed by atoms with van der Waals surface area (Å²) in [5.74, 6) is 1.40. The molecule has 3 heterocycles. The zero-order valence-electron chi connectivity index (χ0n) is 18.3. The van der Waals surface area contributed by atoms with E-state index < -0.39 is 7.12 Å². The van der Waals surface area contributed by atoms with Crippen LogP contribution in [0.15, 0.2) is 54.6 Å². The van der Waals surface area contributed by atoms with E-state index in [0.29, 0.717) is 18.0 Å². The average Bonchev–Trinajstić information content (AvgIpc) is 3.13. The van der Waals surface area contributed by atoms with Crippen molar-refractivity contribution >= 4 is 35.0 Å². The highest BCUT2D eigenvalue weighted by molar-refractivity contribution is 6.61. The fraction of sp³-hybridized carbons (Fsp3) is 0.250. The summed E-state index contributed by atoms with van der Waals surface area (Å²) >= 11 is 0. The van der Waals surface area contributed by atoms with E-state index in [4.69, 9.17) is 9.97 Å². The molecule has 4 aromatic rings. The third-order valence-corrected chi connectivity index (χ3v) is 6.08. The van der Waals surface area contributed by atoms with Crippen LogP contribution in [0.3, 0.4) is 0 Å². The number of benzene rings is 2. The number of aromatic nitrogens is 3. The fourth-order valence-electron chi connectivity index (χ4n) is 4.54. The molecule has 2 aromatic heterocycles. The van der Waals surface area contributed by atoms with Crippen LogP contribution in [-0.2, 0) is 13.0 Å². The van der Waals surface area contributed by atoms with Crippen LogP contribution in [0.1, 0.15) is 23.4 Å². The van der Waals surface area contributed by atoms with Crippen LogP contribution in [0.2, 0.25) is 0 Å². The largest absolute Gasteiger partial charge is 0.489 e. The van der Waals surface area contributed by atoms with Crippen LogP contribution >= 0.6 is 0 Å². The normalized spacial score (nSPS) is 13.3. The topological polar surface area (TPSA) is 86.4 Å². The van der Waals surface area contributed by atoms with Crippen LogP contribution in [0.4, 0.5) is 11.5 Å². The maximum Gasteiger partial charge on any atom is 0.489 e. The number of hydrogen-bond acceptors (Lipinski definition) is 6. The highest BCUT2D eigenvalue weighted by Gasteiger charge is 2.24. The predicted molar refractivity (Wildman–Crippen MR) is 129 cm³/mol. The lowest BCUT2D eigenvalue weighted by Gasteiger charge is -2.29. The van der Waals surface area contributed by atoms with Gasteiger partial charge < -0.3 is 20.3 Å². The van der Waals surface area contributed by atoms with Crippen molar-refractivity contribution in [2.45, 2.75) is 26.3 Å². The molecule has 1 aliphatic rings. The molecule has 0 radical (unpaired) electrons. The van der Waals surface area contributed by atoms with E-state index in [2.05, 4.69) is 29.4 Å². The van der Waals surface area contributed by atoms with Gasteiger partial charge in [0.2, 0.25) is 5.95 Å². The second-order valence-corrected chi connectivity index (χ2v) is 8.31. The van der Waals surface area contributed by atoms with Gasteiger partial charge >= 0.3 is 7.12 Å². The molecule has 32 heavy (non-hydrogen) atoms. The van der Waals surface area contributed by atoms with Gasteiger partial charge in [-0.3, -0.25) is 4.57 Å². The Bertz CT molecular complexity index is 1270. The summed E-state index contributed by atoms with van der Waals surface area (Å²) < 4.78 is 1.99. The number of anilines is 2. The van der Waals surface area contributed by atoms with Gasteiger partial charge in [0, 0.05) is 31.2 Å². The smallest absolute Gasteiger partial charge is 0.423 e. The zero-order chi connectivity index (χ0) is 22.2. The standard InChI is InChI=1S/C24H26BN5O2/c1-16-14-18-19(25(31)32)10-6-12-21(18)30(16)24-27-20-11-7-13-29(2)22(20)23(28-24)26-15-17-8-4-3-5-9-17/h3-6,8-10,12,14,31-32H,7,11,13,15H2,1-2H3,(H,26,27,28). The van der Waals surface area contributed by atoms with Crippen LogP contribution in [0.5, 0.6) is 0 Å². The predicted octanol–water partition coefficient (Wildman–Crippen LogP) is 2.40. The van der Waals surface area contributed by atoms with Gasteiger partial charge in [-0.2, -0.15) is 4.98 Å². The molecule has 0 unspecified atom stereocenters. The van der Waals surface area contributed by atoms with Gasteiger partial charge in [-0.25, -0.2) is 4.98 Å². The fourth-order valence-corrected chi connectivity index (χ4v) is 4.54. The lowest BCUT2D eigenvalue weighted by atomic mass is 9.78. The molecular weight excluding hydrogens is 401 g/mol. The summed E-state index contributed by atoms with van der Waals surface area (Å²) in [7, 11) is 0.551. The number of nitrogens with one attached hydrogen (secondary N) is 1. The molecule has 2 aromatic carbocycles. The van der Waals surface area contributed by atoms with Crippen molar-refractivity contribution in [1.29, 1.82) is 0 Å². The van der Waals surface area contributed by atoms with E-state index in [0.717, 1.165) is 53.2 Å². The number of rotatable bonds is 5. The Morgan fingerprint density at radius 2 is 1.88 bits per heavy atom. The number of aryl methyl sites for hydroxylation is 2. The molecule has 0 saturated carbocycles. The lowest BCUT2D eigenvalue weighted by molar-refractivity contribution is 0.426. The van der Waals surface area contributed by atoms with Gasteiger partial charge in [0.25, 0.3) is 0 Å². The molecular formula is C24H26BN5O2. The van der Waals surface area contributed by atoms with E-state index in [1.54, 1.807) is 6.07 Å². The van der Waals surface area contributed by atoms with E-state index in [1.807, 2.05) is 47.9 Å². The molecule has 0 atom stereocenters. The quantitative estimate of drug-likeness (QED) is 0.424. The molecule has 1 aliphatic heterocycles. The van der Waals surface area contributed by atoms with Gasteiger partial charge in [0.05, 0.1) is 11.2 Å². The first-order valence-corrected chi connectivity index (χ1v) is 10.9. The Morgan fingerprint density at radius 3 is 2.66 bits per heavy atom. The number of hydrogen-bond donors (Lipinski definition) is 3. The van der Waals surface area contributed by atoms with Crippen molar-refractivity contribution in [3.8, 4) is 5.95 Å². The Morgan fingerprint density at radius 1 is 1.06 bits per heavy atom. The summed E-state index contributed by atoms with van der Waals surface area (Å²) in [6, 6.07) is 17.7. The molecule has 7 nitrogen and oxygen atoms in total. The zero-order valence-corrected chi connectivity index (χ0v) is 18.3. The van der Waals surface area contributed by atoms with Crippen LogP contribution in [0, 0.1) is 6.92 Å². The molecule has 0 spiro atoms. The minimum atomic E-state index is -1.53. The molecule has 0 saturated heterocycles. The highest BCUT2D eigenvalue weighted by atomic mass is 16.4. The van der Waals surface area contributed by atoms with Gasteiger partial charge in [-0.1, -0.05) is 42.5 Å². The molecule has 5 rings (SSSR count). The van der Waals surface area contributed by atoms with Crippen molar-refractivity contribution < 1.29 is 10.0 Å². The van der Waals surface area contributed by atoms with Crippen molar-refractivity contribution in [3.05, 3.63) is 71.5 Å². The average molecular weight is 427 g/mol. The second-order valence-electron chi connectivity index (χ2n) is 8.31. The second kappa shape index (κ2) is 8.29. The summed E-state index contributed by atoms with van der Waals surface area (Å²) in [4.78, 5) is 12.1. The van der Waals surface area contributed by atoms with E-state index in [-0.39, 0.29) is 0 Å². The number of nitrogens with zero attached hydrogens (tertiary/aromatic N) is 4. The van der Waals surface area contributed by atoms with E-state index in [9.17, 15) is 10.0 Å². The van der Waals surface area contributed by atoms with E-state index >= 15 is 0 Å². The van der Waals surface area contributed by atoms with Gasteiger partial charge in [-0.05, 0) is 42.9 Å². The van der Waals surface area contributed by atoms with Gasteiger partial charge in [0.15, 0.2) is 5.82 Å². The first-order chi connectivity index (χ1) is 15.5. The third-order valence-electron chi connectivity index (χ3n) is 6.08. The minimum absolute atomic E-state index is 0.476.